The molecule has 0 saturated carbocycles. The number of fused-ring (bicyclic) bond motifs is 1. The van der Waals surface area contributed by atoms with Crippen LogP contribution in [0, 0.1) is 0 Å². The normalized spacial score (nSPS) is 10.8. The molecule has 1 amide bonds. The van der Waals surface area contributed by atoms with Gasteiger partial charge in [-0.2, -0.15) is 0 Å². The smallest absolute Gasteiger partial charge is 0.272 e. The van der Waals surface area contributed by atoms with E-state index in [2.05, 4.69) is 11.9 Å². The Balaban J connectivity index is 2.34. The van der Waals surface area contributed by atoms with E-state index in [0.29, 0.717) is 17.3 Å². The van der Waals surface area contributed by atoms with Gasteiger partial charge in [-0.05, 0) is 25.5 Å². The van der Waals surface area contributed by atoms with Crippen LogP contribution in [0.25, 0.3) is 10.9 Å². The molecular weight excluding hydrogens is 272 g/mol. The molecule has 2 aromatic rings. The van der Waals surface area contributed by atoms with Crippen LogP contribution in [0.5, 0.6) is 0 Å². The fourth-order valence-electron chi connectivity index (χ4n) is 2.16. The van der Waals surface area contributed by atoms with Crippen LogP contribution in [0.1, 0.15) is 37.2 Å². The summed E-state index contributed by atoms with van der Waals surface area (Å²) in [7, 11) is 0. The van der Waals surface area contributed by atoms with Crippen molar-refractivity contribution in [3.05, 3.63) is 41.0 Å². The van der Waals surface area contributed by atoms with Crippen molar-refractivity contribution >= 4 is 28.4 Å². The highest BCUT2D eigenvalue weighted by Gasteiger charge is 2.16. The number of hydrogen-bond acceptors (Lipinski definition) is 2. The molecule has 0 spiro atoms. The first-order valence-electron chi connectivity index (χ1n) is 7.02. The largest absolute Gasteiger partial charge is 0.338 e. The van der Waals surface area contributed by atoms with Crippen LogP contribution < -0.4 is 0 Å². The first kappa shape index (κ1) is 14.8. The summed E-state index contributed by atoms with van der Waals surface area (Å²) in [6.45, 7) is 5.54. The van der Waals surface area contributed by atoms with Gasteiger partial charge in [0.1, 0.15) is 5.69 Å². The fourth-order valence-corrected chi connectivity index (χ4v) is 2.42. The van der Waals surface area contributed by atoms with E-state index in [4.69, 9.17) is 11.6 Å². The number of unbranched alkanes of at least 4 members (excludes halogenated alkanes) is 1. The lowest BCUT2D eigenvalue weighted by Crippen LogP contribution is -2.32. The van der Waals surface area contributed by atoms with E-state index >= 15 is 0 Å². The molecule has 3 nitrogen and oxygen atoms in total. The highest BCUT2D eigenvalue weighted by atomic mass is 35.5. The number of carbonyl (C=O) groups is 1. The molecule has 0 N–H and O–H groups in total. The van der Waals surface area contributed by atoms with Crippen LogP contribution in [0.3, 0.4) is 0 Å². The molecule has 1 aromatic heterocycles. The Morgan fingerprint density at radius 2 is 2.05 bits per heavy atom. The van der Waals surface area contributed by atoms with Crippen LogP contribution in [0.2, 0.25) is 5.02 Å². The molecule has 0 unspecified atom stereocenters. The lowest BCUT2D eigenvalue weighted by atomic mass is 10.2. The van der Waals surface area contributed by atoms with Gasteiger partial charge in [-0.3, -0.25) is 4.79 Å². The summed E-state index contributed by atoms with van der Waals surface area (Å²) in [5.41, 5.74) is 1.18. The van der Waals surface area contributed by atoms with Gasteiger partial charge in [-0.1, -0.05) is 43.1 Å². The number of hydrogen-bond donors (Lipinski definition) is 0. The maximum atomic E-state index is 12.5. The van der Waals surface area contributed by atoms with Gasteiger partial charge >= 0.3 is 0 Å². The molecule has 0 aliphatic carbocycles. The van der Waals surface area contributed by atoms with Gasteiger partial charge in [0.2, 0.25) is 0 Å². The van der Waals surface area contributed by atoms with E-state index in [-0.39, 0.29) is 5.91 Å². The van der Waals surface area contributed by atoms with Crippen molar-refractivity contribution in [1.82, 2.24) is 9.88 Å². The summed E-state index contributed by atoms with van der Waals surface area (Å²) in [4.78, 5) is 18.7. The molecule has 2 rings (SSSR count). The summed E-state index contributed by atoms with van der Waals surface area (Å²) < 4.78 is 0. The second kappa shape index (κ2) is 6.71. The van der Waals surface area contributed by atoms with E-state index in [0.717, 1.165) is 30.3 Å². The lowest BCUT2D eigenvalue weighted by Gasteiger charge is -2.20. The van der Waals surface area contributed by atoms with Crippen LogP contribution >= 0.6 is 11.6 Å². The first-order valence-corrected chi connectivity index (χ1v) is 7.39. The van der Waals surface area contributed by atoms with Gasteiger partial charge < -0.3 is 4.90 Å². The van der Waals surface area contributed by atoms with E-state index in [1.165, 1.54) is 0 Å². The number of para-hydroxylation sites is 1. The van der Waals surface area contributed by atoms with Crippen LogP contribution in [-0.4, -0.2) is 28.9 Å². The predicted molar refractivity (Wildman–Crippen MR) is 83.2 cm³/mol. The Bertz CT molecular complexity index is 612. The molecule has 1 heterocycles. The van der Waals surface area contributed by atoms with E-state index in [1.54, 1.807) is 6.07 Å². The predicted octanol–water partition coefficient (Wildman–Crippen LogP) is 4.15. The minimum Gasteiger partial charge on any atom is -0.338 e. The van der Waals surface area contributed by atoms with Gasteiger partial charge in [0, 0.05) is 18.5 Å². The molecule has 20 heavy (non-hydrogen) atoms. The summed E-state index contributed by atoms with van der Waals surface area (Å²) >= 11 is 6.25. The topological polar surface area (TPSA) is 33.2 Å². The molecule has 0 radical (unpaired) electrons. The highest BCUT2D eigenvalue weighted by molar-refractivity contribution is 6.35. The standard InChI is InChI=1S/C16H19ClN2O/c1-3-5-10-19(4-2)16(20)15-11-13(17)12-8-6-7-9-14(12)18-15/h6-9,11H,3-5,10H2,1-2H3. The molecule has 0 bridgehead atoms. The summed E-state index contributed by atoms with van der Waals surface area (Å²) in [6.07, 6.45) is 2.07. The quantitative estimate of drug-likeness (QED) is 0.829. The number of nitrogens with zero attached hydrogens (tertiary/aromatic N) is 2. The molecule has 0 saturated heterocycles. The monoisotopic (exact) mass is 290 g/mol. The molecule has 0 atom stereocenters. The van der Waals surface area contributed by atoms with Crippen LogP contribution in [0.15, 0.2) is 30.3 Å². The van der Waals surface area contributed by atoms with Crippen molar-refractivity contribution in [2.24, 2.45) is 0 Å². The number of carbonyl (C=O) groups excluding carboxylic acids is 1. The molecule has 106 valence electrons. The third-order valence-corrected chi connectivity index (χ3v) is 3.65. The maximum Gasteiger partial charge on any atom is 0.272 e. The maximum absolute atomic E-state index is 12.5. The molecular formula is C16H19ClN2O. The second-order valence-electron chi connectivity index (χ2n) is 4.74. The third kappa shape index (κ3) is 3.10. The van der Waals surface area contributed by atoms with E-state index in [1.807, 2.05) is 36.1 Å². The summed E-state index contributed by atoms with van der Waals surface area (Å²) in [5.74, 6) is -0.0476. The Morgan fingerprint density at radius 1 is 1.30 bits per heavy atom. The molecule has 0 aliphatic heterocycles. The SMILES string of the molecule is CCCCN(CC)C(=O)c1cc(Cl)c2ccccc2n1. The third-order valence-electron chi connectivity index (χ3n) is 3.34. The van der Waals surface area contributed by atoms with Crippen molar-refractivity contribution in [1.29, 1.82) is 0 Å². The fraction of sp³-hybridized carbons (Fsp3) is 0.375. The zero-order valence-corrected chi connectivity index (χ0v) is 12.7. The highest BCUT2D eigenvalue weighted by Crippen LogP contribution is 2.23. The number of benzene rings is 1. The van der Waals surface area contributed by atoms with Crippen molar-refractivity contribution < 1.29 is 4.79 Å². The molecule has 0 aliphatic rings. The second-order valence-corrected chi connectivity index (χ2v) is 5.15. The van der Waals surface area contributed by atoms with Gasteiger partial charge in [-0.15, -0.1) is 0 Å². The zero-order chi connectivity index (χ0) is 14.5. The van der Waals surface area contributed by atoms with Gasteiger partial charge in [0.15, 0.2) is 0 Å². The summed E-state index contributed by atoms with van der Waals surface area (Å²) in [5, 5.41) is 1.45. The van der Waals surface area contributed by atoms with Gasteiger partial charge in [-0.25, -0.2) is 4.98 Å². The average molecular weight is 291 g/mol. The number of amides is 1. The zero-order valence-electron chi connectivity index (χ0n) is 11.9. The Labute approximate surface area is 124 Å². The van der Waals surface area contributed by atoms with Crippen molar-refractivity contribution in [3.8, 4) is 0 Å². The Morgan fingerprint density at radius 3 is 2.75 bits per heavy atom. The van der Waals surface area contributed by atoms with Gasteiger partial charge in [0.25, 0.3) is 5.91 Å². The molecule has 1 aromatic carbocycles. The number of halogens is 1. The van der Waals surface area contributed by atoms with Crippen molar-refractivity contribution in [2.45, 2.75) is 26.7 Å². The first-order chi connectivity index (χ1) is 9.67. The van der Waals surface area contributed by atoms with E-state index < -0.39 is 0 Å². The number of aromatic nitrogens is 1. The van der Waals surface area contributed by atoms with Crippen LogP contribution in [-0.2, 0) is 0 Å². The Kier molecular flexibility index (Phi) is 4.96. The number of rotatable bonds is 5. The molecule has 0 fully saturated rings. The van der Waals surface area contributed by atoms with Crippen molar-refractivity contribution in [3.63, 3.8) is 0 Å². The number of pyridine rings is 1. The van der Waals surface area contributed by atoms with Gasteiger partial charge in [0.05, 0.1) is 10.5 Å². The average Bonchev–Trinajstić information content (AvgIpc) is 2.47. The van der Waals surface area contributed by atoms with Crippen molar-refractivity contribution in [2.75, 3.05) is 13.1 Å². The summed E-state index contributed by atoms with van der Waals surface area (Å²) in [6, 6.07) is 9.26. The van der Waals surface area contributed by atoms with E-state index in [9.17, 15) is 4.79 Å². The lowest BCUT2D eigenvalue weighted by molar-refractivity contribution is 0.0757. The molecule has 4 heteroatoms. The minimum atomic E-state index is -0.0476. The van der Waals surface area contributed by atoms with Crippen LogP contribution in [0.4, 0.5) is 0 Å². The minimum absolute atomic E-state index is 0.0476. The Hall–Kier alpha value is -1.61.